The zero-order valence-electron chi connectivity index (χ0n) is 18.7. The molecular formula is C27H23ClFNO4. The molecule has 1 saturated heterocycles. The Kier molecular flexibility index (Phi) is 6.70. The number of ketones is 1. The summed E-state index contributed by atoms with van der Waals surface area (Å²) in [5.74, 6) is -1.44. The first-order valence-corrected chi connectivity index (χ1v) is 11.2. The molecule has 0 aliphatic carbocycles. The molecule has 4 rings (SSSR count). The van der Waals surface area contributed by atoms with Gasteiger partial charge >= 0.3 is 0 Å². The Morgan fingerprint density at radius 2 is 1.62 bits per heavy atom. The molecule has 0 radical (unpaired) electrons. The van der Waals surface area contributed by atoms with E-state index >= 15 is 0 Å². The monoisotopic (exact) mass is 479 g/mol. The smallest absolute Gasteiger partial charge is 0.300 e. The van der Waals surface area contributed by atoms with Crippen molar-refractivity contribution in [2.24, 2.45) is 5.92 Å². The second-order valence-electron chi connectivity index (χ2n) is 8.43. The number of aliphatic hydroxyl groups excluding tert-OH is 1. The van der Waals surface area contributed by atoms with Crippen LogP contribution in [0.2, 0.25) is 5.02 Å². The largest absolute Gasteiger partial charge is 0.507 e. The molecule has 0 bridgehead atoms. The lowest BCUT2D eigenvalue weighted by Crippen LogP contribution is -2.29. The van der Waals surface area contributed by atoms with Gasteiger partial charge in [-0.3, -0.25) is 14.5 Å². The Bertz CT molecular complexity index is 1240. The van der Waals surface area contributed by atoms with Crippen LogP contribution >= 0.6 is 11.6 Å². The predicted molar refractivity (Wildman–Crippen MR) is 129 cm³/mol. The number of benzene rings is 3. The number of halogens is 2. The van der Waals surface area contributed by atoms with Gasteiger partial charge < -0.3 is 9.84 Å². The number of Topliss-reactive ketones (excluding diaryl/α,β-unsaturated/α-hetero) is 1. The van der Waals surface area contributed by atoms with Crippen molar-refractivity contribution in [3.05, 3.63) is 100 Å². The summed E-state index contributed by atoms with van der Waals surface area (Å²) in [5.41, 5.74) is 1.21. The van der Waals surface area contributed by atoms with Crippen LogP contribution in [0.25, 0.3) is 5.76 Å². The maximum absolute atomic E-state index is 13.5. The summed E-state index contributed by atoms with van der Waals surface area (Å²) in [7, 11) is 0. The fourth-order valence-electron chi connectivity index (χ4n) is 3.79. The molecule has 34 heavy (non-hydrogen) atoms. The van der Waals surface area contributed by atoms with E-state index in [9.17, 15) is 19.1 Å². The highest BCUT2D eigenvalue weighted by Gasteiger charge is 2.46. The van der Waals surface area contributed by atoms with E-state index in [1.54, 1.807) is 48.5 Å². The summed E-state index contributed by atoms with van der Waals surface area (Å²) < 4.78 is 19.2. The molecule has 1 unspecified atom stereocenters. The average molecular weight is 480 g/mol. The molecular weight excluding hydrogens is 457 g/mol. The van der Waals surface area contributed by atoms with Gasteiger partial charge in [0.15, 0.2) is 0 Å². The number of aliphatic hydroxyl groups is 1. The molecule has 1 heterocycles. The zero-order valence-corrected chi connectivity index (χ0v) is 19.4. The molecule has 7 heteroatoms. The molecule has 1 N–H and O–H groups in total. The van der Waals surface area contributed by atoms with Crippen LogP contribution in [-0.4, -0.2) is 23.4 Å². The number of ether oxygens (including phenoxy) is 1. The topological polar surface area (TPSA) is 66.8 Å². The lowest BCUT2D eigenvalue weighted by atomic mass is 9.95. The van der Waals surface area contributed by atoms with E-state index in [2.05, 4.69) is 0 Å². The van der Waals surface area contributed by atoms with Gasteiger partial charge in [0, 0.05) is 16.3 Å². The van der Waals surface area contributed by atoms with E-state index < -0.39 is 23.5 Å². The molecule has 1 aliphatic heterocycles. The second kappa shape index (κ2) is 9.69. The van der Waals surface area contributed by atoms with E-state index in [1.165, 1.54) is 29.2 Å². The predicted octanol–water partition coefficient (Wildman–Crippen LogP) is 6.14. The summed E-state index contributed by atoms with van der Waals surface area (Å²) in [5, 5.41) is 11.7. The van der Waals surface area contributed by atoms with Crippen molar-refractivity contribution in [3.63, 3.8) is 0 Å². The second-order valence-corrected chi connectivity index (χ2v) is 8.86. The zero-order chi connectivity index (χ0) is 24.4. The number of hydrogen-bond acceptors (Lipinski definition) is 4. The summed E-state index contributed by atoms with van der Waals surface area (Å²) in [6, 6.07) is 17.7. The van der Waals surface area contributed by atoms with Gasteiger partial charge in [0.2, 0.25) is 0 Å². The van der Waals surface area contributed by atoms with Gasteiger partial charge in [-0.05, 0) is 72.1 Å². The van der Waals surface area contributed by atoms with Crippen molar-refractivity contribution in [1.29, 1.82) is 0 Å². The van der Waals surface area contributed by atoms with Gasteiger partial charge in [0.1, 0.15) is 17.3 Å². The molecule has 5 nitrogen and oxygen atoms in total. The number of rotatable bonds is 6. The molecule has 0 aromatic heterocycles. The summed E-state index contributed by atoms with van der Waals surface area (Å²) in [6.07, 6.45) is 0. The van der Waals surface area contributed by atoms with E-state index in [4.69, 9.17) is 16.3 Å². The van der Waals surface area contributed by atoms with Gasteiger partial charge in [-0.15, -0.1) is 0 Å². The third-order valence-electron chi connectivity index (χ3n) is 5.45. The minimum absolute atomic E-state index is 0.0625. The lowest BCUT2D eigenvalue weighted by Gasteiger charge is -2.25. The van der Waals surface area contributed by atoms with Crippen LogP contribution in [-0.2, 0) is 9.59 Å². The van der Waals surface area contributed by atoms with Crippen molar-refractivity contribution < 1.29 is 23.8 Å². The quantitative estimate of drug-likeness (QED) is 0.262. The summed E-state index contributed by atoms with van der Waals surface area (Å²) >= 11 is 6.04. The summed E-state index contributed by atoms with van der Waals surface area (Å²) in [4.78, 5) is 27.5. The minimum atomic E-state index is -0.917. The first kappa shape index (κ1) is 23.5. The number of amides is 1. The normalized spacial score (nSPS) is 17.4. The van der Waals surface area contributed by atoms with Gasteiger partial charge in [-0.1, -0.05) is 37.6 Å². The van der Waals surface area contributed by atoms with E-state index in [-0.39, 0.29) is 11.3 Å². The van der Waals surface area contributed by atoms with Crippen molar-refractivity contribution in [3.8, 4) is 5.75 Å². The highest BCUT2D eigenvalue weighted by atomic mass is 35.5. The number of hydrogen-bond donors (Lipinski definition) is 1. The molecule has 0 saturated carbocycles. The first-order chi connectivity index (χ1) is 16.3. The fourth-order valence-corrected chi connectivity index (χ4v) is 3.91. The SMILES string of the molecule is CC(C)COc1ccc(/C(O)=C2\C(=O)C(=O)N(c3ccc(F)cc3)C2c2ccc(Cl)cc2)cc1. The number of carbonyl (C=O) groups is 2. The molecule has 3 aromatic rings. The Morgan fingerprint density at radius 3 is 2.21 bits per heavy atom. The number of anilines is 1. The molecule has 0 spiro atoms. The summed E-state index contributed by atoms with van der Waals surface area (Å²) in [6.45, 7) is 4.62. The third kappa shape index (κ3) is 4.68. The standard InChI is InChI=1S/C27H23ClFNO4/c1-16(2)15-34-22-13-5-18(6-14-22)25(31)23-24(17-3-7-19(28)8-4-17)30(27(33)26(23)32)21-11-9-20(29)10-12-21/h3-14,16,24,31H,15H2,1-2H3/b25-23+. The van der Waals surface area contributed by atoms with Gasteiger partial charge in [-0.25, -0.2) is 4.39 Å². The molecule has 1 fully saturated rings. The fraction of sp³-hybridized carbons (Fsp3) is 0.185. The van der Waals surface area contributed by atoms with E-state index in [1.807, 2.05) is 13.8 Å². The highest BCUT2D eigenvalue weighted by molar-refractivity contribution is 6.51. The Morgan fingerprint density at radius 1 is 1.00 bits per heavy atom. The van der Waals surface area contributed by atoms with Crippen LogP contribution in [0.3, 0.4) is 0 Å². The van der Waals surface area contributed by atoms with Crippen LogP contribution in [0.1, 0.15) is 31.0 Å². The third-order valence-corrected chi connectivity index (χ3v) is 5.70. The first-order valence-electron chi connectivity index (χ1n) is 10.8. The Hall–Kier alpha value is -3.64. The Labute approximate surface area is 202 Å². The van der Waals surface area contributed by atoms with E-state index in [0.29, 0.717) is 40.1 Å². The maximum atomic E-state index is 13.5. The van der Waals surface area contributed by atoms with Crippen LogP contribution in [0.4, 0.5) is 10.1 Å². The number of nitrogens with zero attached hydrogens (tertiary/aromatic N) is 1. The average Bonchev–Trinajstić information content (AvgIpc) is 3.09. The highest BCUT2D eigenvalue weighted by Crippen LogP contribution is 2.42. The molecule has 3 aromatic carbocycles. The van der Waals surface area contributed by atoms with Gasteiger partial charge in [0.05, 0.1) is 18.2 Å². The van der Waals surface area contributed by atoms with Crippen molar-refractivity contribution >= 4 is 34.7 Å². The van der Waals surface area contributed by atoms with Crippen molar-refractivity contribution in [2.45, 2.75) is 19.9 Å². The van der Waals surface area contributed by atoms with Gasteiger partial charge in [-0.2, -0.15) is 0 Å². The Balaban J connectivity index is 1.81. The van der Waals surface area contributed by atoms with Crippen molar-refractivity contribution in [2.75, 3.05) is 11.5 Å². The minimum Gasteiger partial charge on any atom is -0.507 e. The van der Waals surface area contributed by atoms with Crippen LogP contribution < -0.4 is 9.64 Å². The van der Waals surface area contributed by atoms with Crippen molar-refractivity contribution in [1.82, 2.24) is 0 Å². The molecule has 1 amide bonds. The van der Waals surface area contributed by atoms with Crippen LogP contribution in [0.5, 0.6) is 5.75 Å². The van der Waals surface area contributed by atoms with Crippen LogP contribution in [0, 0.1) is 11.7 Å². The van der Waals surface area contributed by atoms with Gasteiger partial charge in [0.25, 0.3) is 11.7 Å². The molecule has 174 valence electrons. The molecule has 1 atom stereocenters. The van der Waals surface area contributed by atoms with Crippen LogP contribution in [0.15, 0.2) is 78.4 Å². The lowest BCUT2D eigenvalue weighted by molar-refractivity contribution is -0.132. The molecule has 1 aliphatic rings. The van der Waals surface area contributed by atoms with E-state index in [0.717, 1.165) is 0 Å². The maximum Gasteiger partial charge on any atom is 0.300 e. The number of carbonyl (C=O) groups excluding carboxylic acids is 2.